The molecule has 0 aliphatic heterocycles. The Balaban J connectivity index is 2.80. The highest BCUT2D eigenvalue weighted by atomic mass is 15.2. The molecule has 0 aliphatic rings. The van der Waals surface area contributed by atoms with Gasteiger partial charge in [0.25, 0.3) is 0 Å². The zero-order valence-corrected chi connectivity index (χ0v) is 12.2. The highest BCUT2D eigenvalue weighted by Crippen LogP contribution is 2.30. The molecule has 102 valence electrons. The minimum absolute atomic E-state index is 0.0536. The molecular formula is C16H28N2. The lowest BCUT2D eigenvalue weighted by molar-refractivity contribution is 0.282. The first-order valence-corrected chi connectivity index (χ1v) is 7.04. The van der Waals surface area contributed by atoms with Gasteiger partial charge < -0.3 is 0 Å². The Morgan fingerprint density at radius 1 is 1.22 bits per heavy atom. The first kappa shape index (κ1) is 15.2. The van der Waals surface area contributed by atoms with E-state index in [1.54, 1.807) is 0 Å². The number of hydrogen-bond acceptors (Lipinski definition) is 2. The van der Waals surface area contributed by atoms with Gasteiger partial charge in [0.2, 0.25) is 0 Å². The second-order valence-corrected chi connectivity index (χ2v) is 5.94. The Labute approximate surface area is 112 Å². The lowest BCUT2D eigenvalue weighted by Crippen LogP contribution is -2.49. The molecule has 0 aliphatic carbocycles. The molecule has 2 nitrogen and oxygen atoms in total. The molecule has 18 heavy (non-hydrogen) atoms. The van der Waals surface area contributed by atoms with Crippen molar-refractivity contribution < 1.29 is 0 Å². The Bertz CT molecular complexity index is 332. The van der Waals surface area contributed by atoms with Crippen LogP contribution in [0.4, 0.5) is 0 Å². The quantitative estimate of drug-likeness (QED) is 0.571. The standard InChI is InChI=1S/C16H28N2/c1-5-9-13(2)12-15(18-17)16(3,4)14-10-7-6-8-11-14/h6-8,10-11,13,15,18H,5,9,12,17H2,1-4H3. The summed E-state index contributed by atoms with van der Waals surface area (Å²) in [6.45, 7) is 9.09. The summed E-state index contributed by atoms with van der Waals surface area (Å²) in [7, 11) is 0. The van der Waals surface area contributed by atoms with Gasteiger partial charge in [0.1, 0.15) is 0 Å². The minimum Gasteiger partial charge on any atom is -0.271 e. The van der Waals surface area contributed by atoms with Crippen LogP contribution in [-0.4, -0.2) is 6.04 Å². The molecule has 1 aromatic rings. The van der Waals surface area contributed by atoms with Crippen molar-refractivity contribution in [2.24, 2.45) is 11.8 Å². The van der Waals surface area contributed by atoms with Crippen LogP contribution in [0.5, 0.6) is 0 Å². The molecule has 3 N–H and O–H groups in total. The van der Waals surface area contributed by atoms with Crippen molar-refractivity contribution in [2.45, 2.75) is 58.4 Å². The summed E-state index contributed by atoms with van der Waals surface area (Å²) in [4.78, 5) is 0. The van der Waals surface area contributed by atoms with E-state index in [9.17, 15) is 0 Å². The van der Waals surface area contributed by atoms with Crippen molar-refractivity contribution in [2.75, 3.05) is 0 Å². The van der Waals surface area contributed by atoms with Gasteiger partial charge in [-0.2, -0.15) is 0 Å². The Morgan fingerprint density at radius 3 is 2.33 bits per heavy atom. The third-order valence-corrected chi connectivity index (χ3v) is 4.01. The molecule has 0 saturated heterocycles. The van der Waals surface area contributed by atoms with Gasteiger partial charge in [0.05, 0.1) is 0 Å². The first-order valence-electron chi connectivity index (χ1n) is 7.04. The fourth-order valence-corrected chi connectivity index (χ4v) is 2.65. The highest BCUT2D eigenvalue weighted by molar-refractivity contribution is 5.25. The van der Waals surface area contributed by atoms with Gasteiger partial charge in [0.15, 0.2) is 0 Å². The van der Waals surface area contributed by atoms with Gasteiger partial charge in [-0.3, -0.25) is 11.3 Å². The summed E-state index contributed by atoms with van der Waals surface area (Å²) in [5.74, 6) is 6.50. The zero-order chi connectivity index (χ0) is 13.6. The van der Waals surface area contributed by atoms with E-state index in [1.807, 2.05) is 0 Å². The molecule has 2 heteroatoms. The van der Waals surface area contributed by atoms with Crippen LogP contribution in [0.2, 0.25) is 0 Å². The van der Waals surface area contributed by atoms with Crippen molar-refractivity contribution in [1.82, 2.24) is 5.43 Å². The molecule has 1 rings (SSSR count). The van der Waals surface area contributed by atoms with E-state index in [1.165, 1.54) is 18.4 Å². The van der Waals surface area contributed by atoms with E-state index in [4.69, 9.17) is 5.84 Å². The SMILES string of the molecule is CCCC(C)CC(NN)C(C)(C)c1ccccc1. The van der Waals surface area contributed by atoms with Gasteiger partial charge in [-0.15, -0.1) is 0 Å². The van der Waals surface area contributed by atoms with Crippen LogP contribution in [0.1, 0.15) is 52.5 Å². The lowest BCUT2D eigenvalue weighted by Gasteiger charge is -2.36. The monoisotopic (exact) mass is 248 g/mol. The zero-order valence-electron chi connectivity index (χ0n) is 12.2. The fourth-order valence-electron chi connectivity index (χ4n) is 2.65. The normalized spacial score (nSPS) is 15.4. The van der Waals surface area contributed by atoms with Gasteiger partial charge >= 0.3 is 0 Å². The van der Waals surface area contributed by atoms with Crippen LogP contribution < -0.4 is 11.3 Å². The van der Waals surface area contributed by atoms with E-state index in [2.05, 4.69) is 63.5 Å². The molecule has 0 aromatic heterocycles. The van der Waals surface area contributed by atoms with Crippen LogP contribution in [-0.2, 0) is 5.41 Å². The average Bonchev–Trinajstić information content (AvgIpc) is 2.37. The van der Waals surface area contributed by atoms with Crippen LogP contribution >= 0.6 is 0 Å². The predicted octanol–water partition coefficient (Wildman–Crippen LogP) is 3.62. The fraction of sp³-hybridized carbons (Fsp3) is 0.625. The van der Waals surface area contributed by atoms with Crippen LogP contribution in [0.15, 0.2) is 30.3 Å². The van der Waals surface area contributed by atoms with E-state index >= 15 is 0 Å². The van der Waals surface area contributed by atoms with Crippen molar-refractivity contribution in [3.63, 3.8) is 0 Å². The summed E-state index contributed by atoms with van der Waals surface area (Å²) >= 11 is 0. The number of benzene rings is 1. The van der Waals surface area contributed by atoms with E-state index in [0.717, 1.165) is 6.42 Å². The van der Waals surface area contributed by atoms with Gasteiger partial charge in [-0.1, -0.05) is 70.9 Å². The smallest absolute Gasteiger partial charge is 0.0304 e. The lowest BCUT2D eigenvalue weighted by atomic mass is 9.74. The summed E-state index contributed by atoms with van der Waals surface area (Å²) in [6, 6.07) is 10.9. The minimum atomic E-state index is 0.0536. The number of nitrogens with two attached hydrogens (primary N) is 1. The van der Waals surface area contributed by atoms with Gasteiger partial charge in [0, 0.05) is 11.5 Å². The van der Waals surface area contributed by atoms with Crippen molar-refractivity contribution >= 4 is 0 Å². The second kappa shape index (κ2) is 6.91. The Morgan fingerprint density at radius 2 is 1.83 bits per heavy atom. The summed E-state index contributed by atoms with van der Waals surface area (Å²) < 4.78 is 0. The van der Waals surface area contributed by atoms with Crippen LogP contribution in [0.3, 0.4) is 0 Å². The molecule has 1 aromatic carbocycles. The number of hydrogen-bond donors (Lipinski definition) is 2. The maximum absolute atomic E-state index is 5.79. The summed E-state index contributed by atoms with van der Waals surface area (Å²) in [6.07, 6.45) is 3.62. The predicted molar refractivity (Wildman–Crippen MR) is 79.3 cm³/mol. The molecule has 0 radical (unpaired) electrons. The third kappa shape index (κ3) is 3.82. The molecule has 0 bridgehead atoms. The second-order valence-electron chi connectivity index (χ2n) is 5.94. The molecule has 0 saturated carbocycles. The molecule has 0 fully saturated rings. The maximum atomic E-state index is 5.79. The highest BCUT2D eigenvalue weighted by Gasteiger charge is 2.31. The largest absolute Gasteiger partial charge is 0.271 e. The average molecular weight is 248 g/mol. The molecule has 0 amide bonds. The summed E-state index contributed by atoms with van der Waals surface area (Å²) in [5.41, 5.74) is 4.43. The van der Waals surface area contributed by atoms with Crippen molar-refractivity contribution in [1.29, 1.82) is 0 Å². The van der Waals surface area contributed by atoms with Gasteiger partial charge in [-0.05, 0) is 17.9 Å². The number of hydrazine groups is 1. The molecule has 2 unspecified atom stereocenters. The maximum Gasteiger partial charge on any atom is 0.0304 e. The van der Waals surface area contributed by atoms with E-state index in [-0.39, 0.29) is 5.41 Å². The van der Waals surface area contributed by atoms with E-state index < -0.39 is 0 Å². The third-order valence-electron chi connectivity index (χ3n) is 4.01. The molecular weight excluding hydrogens is 220 g/mol. The van der Waals surface area contributed by atoms with Crippen LogP contribution in [0.25, 0.3) is 0 Å². The molecule has 2 atom stereocenters. The summed E-state index contributed by atoms with van der Waals surface area (Å²) in [5, 5.41) is 0. The number of rotatable bonds is 7. The van der Waals surface area contributed by atoms with Crippen LogP contribution in [0, 0.1) is 5.92 Å². The Hall–Kier alpha value is -0.860. The topological polar surface area (TPSA) is 38.0 Å². The Kier molecular flexibility index (Phi) is 5.83. The van der Waals surface area contributed by atoms with Gasteiger partial charge in [-0.25, -0.2) is 0 Å². The molecule has 0 heterocycles. The first-order chi connectivity index (χ1) is 8.52. The van der Waals surface area contributed by atoms with Crippen molar-refractivity contribution in [3.05, 3.63) is 35.9 Å². The molecule has 0 spiro atoms. The van der Waals surface area contributed by atoms with Crippen molar-refractivity contribution in [3.8, 4) is 0 Å². The van der Waals surface area contributed by atoms with E-state index in [0.29, 0.717) is 12.0 Å². The number of nitrogens with one attached hydrogen (secondary N) is 1.